The Kier molecular flexibility index (Phi) is 7.73. The second kappa shape index (κ2) is 9.37. The molecule has 88 valence electrons. The molecular formula is C14H22OSi. The lowest BCUT2D eigenvalue weighted by molar-refractivity contribution is 0.144. The Hall–Kier alpha value is -0.863. The van der Waals surface area contributed by atoms with Crippen LogP contribution in [0.4, 0.5) is 0 Å². The van der Waals surface area contributed by atoms with E-state index in [9.17, 15) is 0 Å². The molecule has 0 heterocycles. The van der Waals surface area contributed by atoms with Gasteiger partial charge in [0, 0.05) is 22.7 Å². The molecule has 0 N–H and O–H groups in total. The Morgan fingerprint density at radius 1 is 1.19 bits per heavy atom. The summed E-state index contributed by atoms with van der Waals surface area (Å²) in [5.74, 6) is 0. The molecule has 0 saturated heterocycles. The van der Waals surface area contributed by atoms with E-state index in [1.165, 1.54) is 24.4 Å². The number of benzene rings is 1. The average molecular weight is 234 g/mol. The maximum absolute atomic E-state index is 5.53. The van der Waals surface area contributed by atoms with E-state index >= 15 is 0 Å². The van der Waals surface area contributed by atoms with Crippen LogP contribution >= 0.6 is 0 Å². The van der Waals surface area contributed by atoms with Gasteiger partial charge in [-0.25, -0.2) is 0 Å². The molecule has 1 aromatic carbocycles. The molecule has 1 aromatic rings. The van der Waals surface area contributed by atoms with Crippen LogP contribution in [0.5, 0.6) is 0 Å². The zero-order valence-electron chi connectivity index (χ0n) is 10.2. The molecule has 1 rings (SSSR count). The van der Waals surface area contributed by atoms with E-state index in [4.69, 9.17) is 4.74 Å². The minimum absolute atomic E-state index is 0.0723. The minimum atomic E-state index is -0.0723. The lowest BCUT2D eigenvalue weighted by Crippen LogP contribution is -1.98. The van der Waals surface area contributed by atoms with Crippen LogP contribution in [0, 0.1) is 0 Å². The summed E-state index contributed by atoms with van der Waals surface area (Å²) in [5, 5.41) is 0. The van der Waals surface area contributed by atoms with Crippen molar-refractivity contribution in [2.45, 2.75) is 25.8 Å². The first-order valence-electron chi connectivity index (χ1n) is 6.23. The summed E-state index contributed by atoms with van der Waals surface area (Å²) < 4.78 is 5.53. The Morgan fingerprint density at radius 3 is 2.75 bits per heavy atom. The van der Waals surface area contributed by atoms with Crippen LogP contribution in [0.15, 0.2) is 36.0 Å². The second-order valence-electron chi connectivity index (χ2n) is 3.92. The molecule has 0 atom stereocenters. The lowest BCUT2D eigenvalue weighted by atomic mass is 10.2. The van der Waals surface area contributed by atoms with E-state index < -0.39 is 0 Å². The van der Waals surface area contributed by atoms with Gasteiger partial charge in [-0.1, -0.05) is 49.8 Å². The highest BCUT2D eigenvalue weighted by Gasteiger charge is 1.88. The van der Waals surface area contributed by atoms with Gasteiger partial charge in [0.05, 0.1) is 0 Å². The topological polar surface area (TPSA) is 9.23 Å². The normalized spacial score (nSPS) is 11.8. The Morgan fingerprint density at radius 2 is 2.00 bits per heavy atom. The summed E-state index contributed by atoms with van der Waals surface area (Å²) in [4.78, 5) is 0. The van der Waals surface area contributed by atoms with Crippen molar-refractivity contribution < 1.29 is 4.74 Å². The largest absolute Gasteiger partial charge is 0.382 e. The smallest absolute Gasteiger partial charge is 0.0477 e. The quantitative estimate of drug-likeness (QED) is 0.496. The molecule has 0 saturated carbocycles. The van der Waals surface area contributed by atoms with Gasteiger partial charge in [0.15, 0.2) is 0 Å². The van der Waals surface area contributed by atoms with Gasteiger partial charge in [0.2, 0.25) is 0 Å². The zero-order chi connectivity index (χ0) is 11.5. The minimum Gasteiger partial charge on any atom is -0.382 e. The van der Waals surface area contributed by atoms with Crippen molar-refractivity contribution in [2.24, 2.45) is 0 Å². The van der Waals surface area contributed by atoms with Crippen LogP contribution in [-0.4, -0.2) is 22.7 Å². The van der Waals surface area contributed by atoms with E-state index in [0.29, 0.717) is 0 Å². The Labute approximate surface area is 101 Å². The first-order valence-corrected chi connectivity index (χ1v) is 8.04. The number of rotatable bonds is 8. The van der Waals surface area contributed by atoms with Gasteiger partial charge < -0.3 is 4.74 Å². The molecule has 0 aliphatic heterocycles. The van der Waals surface area contributed by atoms with Crippen molar-refractivity contribution in [3.05, 3.63) is 41.6 Å². The molecule has 0 bridgehead atoms. The van der Waals surface area contributed by atoms with Gasteiger partial charge in [-0.05, 0) is 18.0 Å². The van der Waals surface area contributed by atoms with Crippen LogP contribution in [0.25, 0.3) is 6.08 Å². The highest BCUT2D eigenvalue weighted by atomic mass is 28.2. The first kappa shape index (κ1) is 13.2. The molecule has 0 unspecified atom stereocenters. The fourth-order valence-corrected chi connectivity index (χ4v) is 2.48. The molecule has 2 heteroatoms. The van der Waals surface area contributed by atoms with E-state index in [1.54, 1.807) is 0 Å². The van der Waals surface area contributed by atoms with E-state index in [-0.39, 0.29) is 9.52 Å². The SMILES string of the molecule is CCCCOCC[SiH2]C=Cc1ccccc1. The monoisotopic (exact) mass is 234 g/mol. The second-order valence-corrected chi connectivity index (χ2v) is 5.68. The fraction of sp³-hybridized carbons (Fsp3) is 0.429. The molecule has 0 aromatic heterocycles. The van der Waals surface area contributed by atoms with Crippen molar-refractivity contribution in [1.82, 2.24) is 0 Å². The van der Waals surface area contributed by atoms with Crippen molar-refractivity contribution >= 4 is 15.6 Å². The summed E-state index contributed by atoms with van der Waals surface area (Å²) in [5.41, 5.74) is 3.67. The molecular weight excluding hydrogens is 212 g/mol. The highest BCUT2D eigenvalue weighted by Crippen LogP contribution is 2.00. The molecule has 16 heavy (non-hydrogen) atoms. The summed E-state index contributed by atoms with van der Waals surface area (Å²) in [6.07, 6.45) is 4.66. The molecule has 0 amide bonds. The maximum atomic E-state index is 5.53. The summed E-state index contributed by atoms with van der Waals surface area (Å²) in [6, 6.07) is 11.7. The Bertz CT molecular complexity index is 282. The maximum Gasteiger partial charge on any atom is 0.0477 e. The van der Waals surface area contributed by atoms with Crippen LogP contribution in [0.3, 0.4) is 0 Å². The standard InChI is InChI=1S/C14H22OSi/c1-2-3-10-15-11-13-16-12-9-14-7-5-4-6-8-14/h4-9,12H,2-3,10-11,13,16H2,1H3. The van der Waals surface area contributed by atoms with Crippen molar-refractivity contribution in [3.63, 3.8) is 0 Å². The van der Waals surface area contributed by atoms with E-state index in [2.05, 4.69) is 49.0 Å². The average Bonchev–Trinajstić information content (AvgIpc) is 2.34. The number of ether oxygens (including phenoxy) is 1. The molecule has 0 spiro atoms. The highest BCUT2D eigenvalue weighted by molar-refractivity contribution is 6.43. The van der Waals surface area contributed by atoms with Crippen LogP contribution in [-0.2, 0) is 4.74 Å². The van der Waals surface area contributed by atoms with Gasteiger partial charge in [0.25, 0.3) is 0 Å². The molecule has 1 nitrogen and oxygen atoms in total. The number of hydrogen-bond donors (Lipinski definition) is 0. The first-order chi connectivity index (χ1) is 7.93. The van der Waals surface area contributed by atoms with Crippen LogP contribution < -0.4 is 0 Å². The molecule has 0 aliphatic carbocycles. The van der Waals surface area contributed by atoms with Gasteiger partial charge in [-0.2, -0.15) is 0 Å². The third kappa shape index (κ3) is 6.59. The van der Waals surface area contributed by atoms with Gasteiger partial charge in [-0.15, -0.1) is 5.70 Å². The summed E-state index contributed by atoms with van der Waals surface area (Å²) >= 11 is 0. The fourth-order valence-electron chi connectivity index (χ4n) is 1.44. The third-order valence-electron chi connectivity index (χ3n) is 2.41. The predicted octanol–water partition coefficient (Wildman–Crippen LogP) is 3.06. The molecule has 0 radical (unpaired) electrons. The van der Waals surface area contributed by atoms with Crippen LogP contribution in [0.1, 0.15) is 25.3 Å². The predicted molar refractivity (Wildman–Crippen MR) is 74.6 cm³/mol. The molecule has 0 fully saturated rings. The van der Waals surface area contributed by atoms with Crippen molar-refractivity contribution in [3.8, 4) is 0 Å². The number of hydrogen-bond acceptors (Lipinski definition) is 1. The molecule has 0 aliphatic rings. The van der Waals surface area contributed by atoms with Gasteiger partial charge >= 0.3 is 0 Å². The van der Waals surface area contributed by atoms with Crippen LogP contribution in [0.2, 0.25) is 6.04 Å². The zero-order valence-corrected chi connectivity index (χ0v) is 11.6. The van der Waals surface area contributed by atoms with Crippen molar-refractivity contribution in [1.29, 1.82) is 0 Å². The summed E-state index contributed by atoms with van der Waals surface area (Å²) in [6.45, 7) is 4.08. The number of unbranched alkanes of at least 4 members (excludes halogenated alkanes) is 1. The lowest BCUT2D eigenvalue weighted by Gasteiger charge is -2.00. The van der Waals surface area contributed by atoms with E-state index in [0.717, 1.165) is 13.2 Å². The van der Waals surface area contributed by atoms with Crippen molar-refractivity contribution in [2.75, 3.05) is 13.2 Å². The Balaban J connectivity index is 2.01. The van der Waals surface area contributed by atoms with Gasteiger partial charge in [0.1, 0.15) is 0 Å². The van der Waals surface area contributed by atoms with Gasteiger partial charge in [-0.3, -0.25) is 0 Å². The third-order valence-corrected chi connectivity index (χ3v) is 3.68. The summed E-state index contributed by atoms with van der Waals surface area (Å²) in [7, 11) is -0.0723. The van der Waals surface area contributed by atoms with E-state index in [1.807, 2.05) is 0 Å².